The van der Waals surface area contributed by atoms with Crippen LogP contribution in [0.15, 0.2) is 34.3 Å². The van der Waals surface area contributed by atoms with Crippen molar-refractivity contribution in [3.63, 3.8) is 0 Å². The molecule has 0 atom stereocenters. The number of methoxy groups -OCH3 is 1. The molecule has 0 radical (unpaired) electrons. The molecule has 4 nitrogen and oxygen atoms in total. The normalized spacial score (nSPS) is 15.6. The van der Waals surface area contributed by atoms with Crippen molar-refractivity contribution in [2.45, 2.75) is 12.6 Å². The van der Waals surface area contributed by atoms with Crippen LogP contribution in [0, 0.1) is 0 Å². The number of hydrogen-bond acceptors (Lipinski definition) is 3. The Kier molecular flexibility index (Phi) is 5.13. The molecular weight excluding hydrogens is 379 g/mol. The highest BCUT2D eigenvalue weighted by Crippen LogP contribution is 2.31. The van der Waals surface area contributed by atoms with Crippen LogP contribution in [0.2, 0.25) is 0 Å². The minimum atomic E-state index is -4.94. The van der Waals surface area contributed by atoms with Gasteiger partial charge in [0, 0.05) is 23.1 Å². The number of carbonyl (C=O) groups excluding carboxylic acids is 2. The number of amides is 1. The van der Waals surface area contributed by atoms with E-state index in [0.29, 0.717) is 20.5 Å². The maximum atomic E-state index is 12.6. The summed E-state index contributed by atoms with van der Waals surface area (Å²) in [4.78, 5) is 24.1. The zero-order chi connectivity index (χ0) is 17.2. The summed E-state index contributed by atoms with van der Waals surface area (Å²) in [5, 5.41) is 0. The number of hydrogen-bond donors (Lipinski definition) is 0. The molecule has 1 aliphatic heterocycles. The zero-order valence-electron chi connectivity index (χ0n) is 12.1. The third kappa shape index (κ3) is 3.93. The van der Waals surface area contributed by atoms with Crippen molar-refractivity contribution in [2.24, 2.45) is 0 Å². The molecule has 0 saturated heterocycles. The van der Waals surface area contributed by atoms with Gasteiger partial charge in [0.1, 0.15) is 0 Å². The third-order valence-corrected chi connectivity index (χ3v) is 3.97. The van der Waals surface area contributed by atoms with Gasteiger partial charge in [0.15, 0.2) is 0 Å². The van der Waals surface area contributed by atoms with Crippen LogP contribution < -0.4 is 0 Å². The summed E-state index contributed by atoms with van der Waals surface area (Å²) in [7, 11) is 1.21. The molecule has 1 heterocycles. The van der Waals surface area contributed by atoms with Crippen LogP contribution in [0.3, 0.4) is 0 Å². The standard InChI is InChI=1S/C15H13BrF3NO3/c1-23-13(21)11-5-6-20(14(22)15(17,18)19)8-12(11)9-3-2-4-10(16)7-9/h2-4,7H,5-6,8H2,1H3. The van der Waals surface area contributed by atoms with Crippen molar-refractivity contribution in [3.05, 3.63) is 39.9 Å². The number of alkyl halides is 3. The van der Waals surface area contributed by atoms with Crippen molar-refractivity contribution in [1.82, 2.24) is 4.90 Å². The largest absolute Gasteiger partial charge is 0.471 e. The molecule has 0 unspecified atom stereocenters. The molecular formula is C15H13BrF3NO3. The topological polar surface area (TPSA) is 46.6 Å². The van der Waals surface area contributed by atoms with E-state index < -0.39 is 18.1 Å². The summed E-state index contributed by atoms with van der Waals surface area (Å²) in [6, 6.07) is 6.81. The van der Waals surface area contributed by atoms with Crippen LogP contribution in [0.25, 0.3) is 5.57 Å². The van der Waals surface area contributed by atoms with Gasteiger partial charge in [0.05, 0.1) is 7.11 Å². The van der Waals surface area contributed by atoms with Crippen molar-refractivity contribution in [3.8, 4) is 0 Å². The maximum absolute atomic E-state index is 12.6. The summed E-state index contributed by atoms with van der Waals surface area (Å²) in [5.74, 6) is -2.51. The Morgan fingerprint density at radius 1 is 1.30 bits per heavy atom. The minimum absolute atomic E-state index is 0.0103. The molecule has 1 amide bonds. The van der Waals surface area contributed by atoms with Crippen LogP contribution in [-0.4, -0.2) is 43.2 Å². The Bertz CT molecular complexity index is 670. The van der Waals surface area contributed by atoms with Gasteiger partial charge < -0.3 is 9.64 Å². The Hall–Kier alpha value is -1.83. The number of ether oxygens (including phenoxy) is 1. The second-order valence-electron chi connectivity index (χ2n) is 4.93. The molecule has 0 fully saturated rings. The molecule has 0 N–H and O–H groups in total. The van der Waals surface area contributed by atoms with E-state index in [1.165, 1.54) is 7.11 Å². The summed E-state index contributed by atoms with van der Waals surface area (Å²) in [6.07, 6.45) is -4.93. The van der Waals surface area contributed by atoms with Gasteiger partial charge in [-0.1, -0.05) is 28.1 Å². The molecule has 0 saturated carbocycles. The number of carbonyl (C=O) groups is 2. The number of nitrogens with zero attached hydrogens (tertiary/aromatic N) is 1. The quantitative estimate of drug-likeness (QED) is 0.727. The molecule has 8 heteroatoms. The molecule has 1 aromatic rings. The third-order valence-electron chi connectivity index (χ3n) is 3.48. The van der Waals surface area contributed by atoms with Crippen LogP contribution in [0.4, 0.5) is 13.2 Å². The van der Waals surface area contributed by atoms with E-state index in [1.54, 1.807) is 24.3 Å². The molecule has 0 spiro atoms. The first-order chi connectivity index (χ1) is 10.7. The van der Waals surface area contributed by atoms with Crippen LogP contribution in [-0.2, 0) is 14.3 Å². The molecule has 0 aliphatic carbocycles. The number of rotatable bonds is 2. The Labute approximate surface area is 139 Å². The van der Waals surface area contributed by atoms with Crippen LogP contribution in [0.1, 0.15) is 12.0 Å². The predicted molar refractivity (Wildman–Crippen MR) is 80.3 cm³/mol. The number of halogens is 4. The zero-order valence-corrected chi connectivity index (χ0v) is 13.7. The van der Waals surface area contributed by atoms with E-state index in [9.17, 15) is 22.8 Å². The van der Waals surface area contributed by atoms with E-state index in [-0.39, 0.29) is 25.1 Å². The Balaban J connectivity index is 2.43. The number of benzene rings is 1. The van der Waals surface area contributed by atoms with E-state index in [0.717, 1.165) is 0 Å². The first kappa shape index (κ1) is 17.5. The average molecular weight is 392 g/mol. The average Bonchev–Trinajstić information content (AvgIpc) is 2.52. The van der Waals surface area contributed by atoms with Gasteiger partial charge in [-0.15, -0.1) is 0 Å². The fourth-order valence-corrected chi connectivity index (χ4v) is 2.81. The first-order valence-corrected chi connectivity index (χ1v) is 7.45. The highest BCUT2D eigenvalue weighted by Gasteiger charge is 2.44. The lowest BCUT2D eigenvalue weighted by Crippen LogP contribution is -2.44. The first-order valence-electron chi connectivity index (χ1n) is 6.66. The summed E-state index contributed by atoms with van der Waals surface area (Å²) >= 11 is 3.28. The van der Waals surface area contributed by atoms with Gasteiger partial charge in [0.25, 0.3) is 0 Å². The fraction of sp³-hybridized carbons (Fsp3) is 0.333. The Morgan fingerprint density at radius 3 is 2.57 bits per heavy atom. The fourth-order valence-electron chi connectivity index (χ4n) is 2.41. The second kappa shape index (κ2) is 6.74. The second-order valence-corrected chi connectivity index (χ2v) is 5.85. The van der Waals surface area contributed by atoms with E-state index in [4.69, 9.17) is 4.74 Å². The van der Waals surface area contributed by atoms with Crippen molar-refractivity contribution in [2.75, 3.05) is 20.2 Å². The van der Waals surface area contributed by atoms with E-state index in [1.807, 2.05) is 0 Å². The lowest BCUT2D eigenvalue weighted by molar-refractivity contribution is -0.185. The summed E-state index contributed by atoms with van der Waals surface area (Å²) < 4.78 is 43.3. The lowest BCUT2D eigenvalue weighted by Gasteiger charge is -2.30. The van der Waals surface area contributed by atoms with E-state index in [2.05, 4.69) is 15.9 Å². The highest BCUT2D eigenvalue weighted by molar-refractivity contribution is 9.10. The van der Waals surface area contributed by atoms with Gasteiger partial charge in [-0.2, -0.15) is 13.2 Å². The van der Waals surface area contributed by atoms with Gasteiger partial charge in [-0.25, -0.2) is 4.79 Å². The van der Waals surface area contributed by atoms with Crippen molar-refractivity contribution in [1.29, 1.82) is 0 Å². The number of esters is 1. The molecule has 23 heavy (non-hydrogen) atoms. The van der Waals surface area contributed by atoms with Gasteiger partial charge in [-0.05, 0) is 29.7 Å². The van der Waals surface area contributed by atoms with Gasteiger partial charge in [-0.3, -0.25) is 4.79 Å². The lowest BCUT2D eigenvalue weighted by atomic mass is 9.94. The smallest absolute Gasteiger partial charge is 0.466 e. The monoisotopic (exact) mass is 391 g/mol. The molecule has 0 bridgehead atoms. The minimum Gasteiger partial charge on any atom is -0.466 e. The van der Waals surface area contributed by atoms with Crippen LogP contribution in [0.5, 0.6) is 0 Å². The van der Waals surface area contributed by atoms with Crippen molar-refractivity contribution < 1.29 is 27.5 Å². The predicted octanol–water partition coefficient (Wildman–Crippen LogP) is 3.17. The molecule has 1 aromatic carbocycles. The maximum Gasteiger partial charge on any atom is 0.471 e. The molecule has 124 valence electrons. The van der Waals surface area contributed by atoms with E-state index >= 15 is 0 Å². The van der Waals surface area contributed by atoms with Crippen molar-refractivity contribution >= 4 is 33.4 Å². The Morgan fingerprint density at radius 2 is 2.00 bits per heavy atom. The summed E-state index contributed by atoms with van der Waals surface area (Å²) in [5.41, 5.74) is 1.22. The molecule has 2 rings (SSSR count). The SMILES string of the molecule is COC(=O)C1=C(c2cccc(Br)c2)CN(C(=O)C(F)(F)F)CC1. The van der Waals surface area contributed by atoms with Gasteiger partial charge in [0.2, 0.25) is 0 Å². The van der Waals surface area contributed by atoms with Gasteiger partial charge >= 0.3 is 18.1 Å². The van der Waals surface area contributed by atoms with Crippen LogP contribution >= 0.6 is 15.9 Å². The summed E-state index contributed by atoms with van der Waals surface area (Å²) in [6.45, 7) is -0.473. The highest BCUT2D eigenvalue weighted by atomic mass is 79.9. The molecule has 1 aliphatic rings. The molecule has 0 aromatic heterocycles.